The second-order valence-corrected chi connectivity index (χ2v) is 7.77. The molecule has 0 aromatic carbocycles. The van der Waals surface area contributed by atoms with E-state index in [1.165, 1.54) is 15.0 Å². The molecule has 1 N–H and O–H groups in total. The first-order valence-corrected chi connectivity index (χ1v) is 9.20. The summed E-state index contributed by atoms with van der Waals surface area (Å²) in [4.78, 5) is 0. The molecule has 3 nitrogen and oxygen atoms in total. The Balaban J connectivity index is 2.26. The standard InChI is InChI=1S/C14H19Br2N3S/c1-4-10-14(16)12(19(3)18-10)7-11(17-5-2)9-6-13(15)20-8-9/h6,8,11,17H,4-5,7H2,1-3H3. The number of halogens is 2. The third kappa shape index (κ3) is 3.53. The van der Waals surface area contributed by atoms with Crippen LogP contribution in [0.2, 0.25) is 0 Å². The molecule has 0 fully saturated rings. The van der Waals surface area contributed by atoms with E-state index in [1.54, 1.807) is 11.3 Å². The second kappa shape index (κ2) is 7.20. The van der Waals surface area contributed by atoms with Crippen LogP contribution in [0.25, 0.3) is 0 Å². The Morgan fingerprint density at radius 3 is 2.65 bits per heavy atom. The van der Waals surface area contributed by atoms with Crippen molar-refractivity contribution >= 4 is 43.2 Å². The molecular formula is C14H19Br2N3S. The molecule has 110 valence electrons. The van der Waals surface area contributed by atoms with Gasteiger partial charge in [-0.3, -0.25) is 4.68 Å². The zero-order chi connectivity index (χ0) is 14.7. The highest BCUT2D eigenvalue weighted by Crippen LogP contribution is 2.30. The third-order valence-electron chi connectivity index (χ3n) is 3.34. The number of aromatic nitrogens is 2. The number of rotatable bonds is 6. The summed E-state index contributed by atoms with van der Waals surface area (Å²) in [5.41, 5.74) is 3.70. The van der Waals surface area contributed by atoms with Gasteiger partial charge >= 0.3 is 0 Å². The van der Waals surface area contributed by atoms with Gasteiger partial charge in [0.15, 0.2) is 0 Å². The van der Waals surface area contributed by atoms with Gasteiger partial charge in [-0.25, -0.2) is 0 Å². The molecule has 0 aliphatic rings. The molecule has 2 aromatic heterocycles. The van der Waals surface area contributed by atoms with Crippen molar-refractivity contribution in [2.24, 2.45) is 7.05 Å². The molecule has 0 amide bonds. The van der Waals surface area contributed by atoms with Crippen LogP contribution in [0.4, 0.5) is 0 Å². The van der Waals surface area contributed by atoms with Crippen molar-refractivity contribution in [3.05, 3.63) is 36.7 Å². The minimum Gasteiger partial charge on any atom is -0.310 e. The molecule has 1 atom stereocenters. The molecule has 0 aliphatic carbocycles. The monoisotopic (exact) mass is 419 g/mol. The largest absolute Gasteiger partial charge is 0.310 e. The van der Waals surface area contributed by atoms with Gasteiger partial charge in [0.25, 0.3) is 0 Å². The Morgan fingerprint density at radius 2 is 2.15 bits per heavy atom. The normalized spacial score (nSPS) is 12.8. The van der Waals surface area contributed by atoms with E-state index in [1.807, 2.05) is 11.7 Å². The van der Waals surface area contributed by atoms with Crippen molar-refractivity contribution in [1.82, 2.24) is 15.1 Å². The van der Waals surface area contributed by atoms with E-state index >= 15 is 0 Å². The van der Waals surface area contributed by atoms with Gasteiger partial charge in [0.2, 0.25) is 0 Å². The number of hydrogen-bond acceptors (Lipinski definition) is 3. The molecule has 2 aromatic rings. The van der Waals surface area contributed by atoms with Crippen LogP contribution >= 0.6 is 43.2 Å². The van der Waals surface area contributed by atoms with E-state index in [0.29, 0.717) is 6.04 Å². The minimum absolute atomic E-state index is 0.318. The van der Waals surface area contributed by atoms with Crippen molar-refractivity contribution in [2.75, 3.05) is 6.54 Å². The molecule has 2 heterocycles. The molecular weight excluding hydrogens is 402 g/mol. The number of hydrogen-bond donors (Lipinski definition) is 1. The van der Waals surface area contributed by atoms with E-state index in [-0.39, 0.29) is 0 Å². The summed E-state index contributed by atoms with van der Waals surface area (Å²) >= 11 is 8.98. The molecule has 6 heteroatoms. The molecule has 0 aliphatic heterocycles. The molecule has 0 saturated heterocycles. The highest BCUT2D eigenvalue weighted by molar-refractivity contribution is 9.11. The summed E-state index contributed by atoms with van der Waals surface area (Å²) in [7, 11) is 2.02. The van der Waals surface area contributed by atoms with Crippen molar-refractivity contribution in [1.29, 1.82) is 0 Å². The van der Waals surface area contributed by atoms with Gasteiger partial charge in [0.1, 0.15) is 0 Å². The predicted molar refractivity (Wildman–Crippen MR) is 92.4 cm³/mol. The van der Waals surface area contributed by atoms with Gasteiger partial charge < -0.3 is 5.32 Å². The highest BCUT2D eigenvalue weighted by Gasteiger charge is 2.19. The maximum atomic E-state index is 4.58. The van der Waals surface area contributed by atoms with Crippen LogP contribution < -0.4 is 5.32 Å². The zero-order valence-electron chi connectivity index (χ0n) is 11.9. The Labute approximate surface area is 141 Å². The molecule has 0 radical (unpaired) electrons. The van der Waals surface area contributed by atoms with Gasteiger partial charge in [-0.1, -0.05) is 13.8 Å². The molecule has 1 unspecified atom stereocenters. The number of aryl methyl sites for hydroxylation is 2. The molecule has 0 spiro atoms. The Bertz CT molecular complexity index is 577. The Morgan fingerprint density at radius 1 is 1.40 bits per heavy atom. The number of likely N-dealkylation sites (N-methyl/N-ethyl adjacent to an activating group) is 1. The first kappa shape index (κ1) is 16.2. The quantitative estimate of drug-likeness (QED) is 0.747. The lowest BCUT2D eigenvalue weighted by Crippen LogP contribution is -2.23. The summed E-state index contributed by atoms with van der Waals surface area (Å²) < 4.78 is 4.32. The average molecular weight is 421 g/mol. The van der Waals surface area contributed by atoms with Crippen LogP contribution in [0.1, 0.15) is 36.8 Å². The number of nitrogens with one attached hydrogen (secondary N) is 1. The molecule has 20 heavy (non-hydrogen) atoms. The van der Waals surface area contributed by atoms with Crippen molar-refractivity contribution < 1.29 is 0 Å². The van der Waals surface area contributed by atoms with E-state index in [0.717, 1.165) is 29.6 Å². The van der Waals surface area contributed by atoms with Gasteiger partial charge in [-0.15, -0.1) is 11.3 Å². The van der Waals surface area contributed by atoms with Crippen molar-refractivity contribution in [2.45, 2.75) is 32.7 Å². The lowest BCUT2D eigenvalue weighted by Gasteiger charge is -2.17. The third-order valence-corrected chi connectivity index (χ3v) is 5.78. The summed E-state index contributed by atoms with van der Waals surface area (Å²) in [6, 6.07) is 2.52. The number of nitrogens with zero attached hydrogens (tertiary/aromatic N) is 2. The predicted octanol–water partition coefficient (Wildman–Crippen LogP) is 4.46. The summed E-state index contributed by atoms with van der Waals surface area (Å²) in [5, 5.41) is 10.4. The van der Waals surface area contributed by atoms with Crippen LogP contribution in [0.3, 0.4) is 0 Å². The smallest absolute Gasteiger partial charge is 0.0766 e. The second-order valence-electron chi connectivity index (χ2n) is 4.68. The summed E-state index contributed by atoms with van der Waals surface area (Å²) in [6.45, 7) is 5.23. The average Bonchev–Trinajstić information content (AvgIpc) is 2.96. The summed E-state index contributed by atoms with van der Waals surface area (Å²) in [5.74, 6) is 0. The van der Waals surface area contributed by atoms with Crippen molar-refractivity contribution in [3.8, 4) is 0 Å². The first-order valence-electron chi connectivity index (χ1n) is 6.74. The fraction of sp³-hybridized carbons (Fsp3) is 0.500. The Kier molecular flexibility index (Phi) is 5.84. The fourth-order valence-corrected chi connectivity index (χ4v) is 4.30. The van der Waals surface area contributed by atoms with Crippen LogP contribution in [-0.2, 0) is 19.9 Å². The van der Waals surface area contributed by atoms with E-state index < -0.39 is 0 Å². The molecule has 0 saturated carbocycles. The van der Waals surface area contributed by atoms with Gasteiger partial charge in [-0.05, 0) is 61.8 Å². The molecule has 0 bridgehead atoms. The number of thiophene rings is 1. The van der Waals surface area contributed by atoms with E-state index in [4.69, 9.17) is 0 Å². The summed E-state index contributed by atoms with van der Waals surface area (Å²) in [6.07, 6.45) is 1.88. The van der Waals surface area contributed by atoms with Crippen LogP contribution in [0.5, 0.6) is 0 Å². The maximum absolute atomic E-state index is 4.58. The zero-order valence-corrected chi connectivity index (χ0v) is 15.9. The fourth-order valence-electron chi connectivity index (χ4n) is 2.30. The van der Waals surface area contributed by atoms with Gasteiger partial charge in [0, 0.05) is 19.5 Å². The Hall–Kier alpha value is -0.170. The lowest BCUT2D eigenvalue weighted by atomic mass is 10.0. The highest BCUT2D eigenvalue weighted by atomic mass is 79.9. The van der Waals surface area contributed by atoms with Crippen LogP contribution in [-0.4, -0.2) is 16.3 Å². The molecule has 2 rings (SSSR count). The van der Waals surface area contributed by atoms with Crippen molar-refractivity contribution in [3.63, 3.8) is 0 Å². The van der Waals surface area contributed by atoms with Crippen LogP contribution in [0.15, 0.2) is 19.7 Å². The van der Waals surface area contributed by atoms with Gasteiger partial charge in [0.05, 0.1) is 19.6 Å². The minimum atomic E-state index is 0.318. The van der Waals surface area contributed by atoms with Crippen LogP contribution in [0, 0.1) is 0 Å². The lowest BCUT2D eigenvalue weighted by molar-refractivity contribution is 0.529. The maximum Gasteiger partial charge on any atom is 0.0766 e. The SMILES string of the molecule is CCNC(Cc1c(Br)c(CC)nn1C)c1csc(Br)c1. The topological polar surface area (TPSA) is 29.9 Å². The first-order chi connectivity index (χ1) is 9.56. The van der Waals surface area contributed by atoms with Gasteiger partial charge in [-0.2, -0.15) is 5.10 Å². The van der Waals surface area contributed by atoms with E-state index in [2.05, 4.69) is 67.6 Å². The van der Waals surface area contributed by atoms with E-state index in [9.17, 15) is 0 Å².